The van der Waals surface area contributed by atoms with Gasteiger partial charge in [0.2, 0.25) is 0 Å². The van der Waals surface area contributed by atoms with E-state index >= 15 is 0 Å². The number of hydrogen-bond donors (Lipinski definition) is 1. The first-order chi connectivity index (χ1) is 14.5. The molecule has 7 nitrogen and oxygen atoms in total. The highest BCUT2D eigenvalue weighted by Crippen LogP contribution is 2.17. The number of aromatic nitrogens is 1. The second-order valence-electron chi connectivity index (χ2n) is 6.96. The van der Waals surface area contributed by atoms with E-state index in [1.54, 1.807) is 11.0 Å². The molecule has 154 valence electrons. The number of nitro benzene ring substituents is 1. The summed E-state index contributed by atoms with van der Waals surface area (Å²) in [4.78, 5) is 24.7. The fraction of sp³-hybridized carbons (Fsp3) is 0.174. The fourth-order valence-corrected chi connectivity index (χ4v) is 3.16. The van der Waals surface area contributed by atoms with Gasteiger partial charge < -0.3 is 14.8 Å². The van der Waals surface area contributed by atoms with E-state index in [1.165, 1.54) is 35.4 Å². The topological polar surface area (TPSA) is 80.4 Å². The molecule has 0 bridgehead atoms. The first-order valence-electron chi connectivity index (χ1n) is 9.57. The third-order valence-corrected chi connectivity index (χ3v) is 4.84. The van der Waals surface area contributed by atoms with Crippen molar-refractivity contribution in [1.82, 2.24) is 9.47 Å². The van der Waals surface area contributed by atoms with Crippen LogP contribution >= 0.6 is 0 Å². The van der Waals surface area contributed by atoms with Crippen LogP contribution in [0.15, 0.2) is 79.5 Å². The minimum absolute atomic E-state index is 0.0232. The lowest BCUT2D eigenvalue weighted by Crippen LogP contribution is -2.35. The molecule has 0 radical (unpaired) electrons. The lowest BCUT2D eigenvalue weighted by molar-refractivity contribution is -0.384. The van der Waals surface area contributed by atoms with Gasteiger partial charge in [-0.15, -0.1) is 6.58 Å². The van der Waals surface area contributed by atoms with E-state index in [2.05, 4.69) is 35.5 Å². The summed E-state index contributed by atoms with van der Waals surface area (Å²) in [5.41, 5.74) is 3.91. The molecular weight excluding hydrogens is 380 g/mol. The molecule has 0 spiro atoms. The summed E-state index contributed by atoms with van der Waals surface area (Å²) in [5, 5.41) is 13.6. The maximum absolute atomic E-state index is 12.8. The Morgan fingerprint density at radius 3 is 2.57 bits per heavy atom. The van der Waals surface area contributed by atoms with E-state index in [9.17, 15) is 14.9 Å². The number of nitro groups is 1. The van der Waals surface area contributed by atoms with E-state index < -0.39 is 4.92 Å². The highest BCUT2D eigenvalue weighted by atomic mass is 16.6. The molecule has 0 atom stereocenters. The van der Waals surface area contributed by atoms with E-state index in [1.807, 2.05) is 30.5 Å². The summed E-state index contributed by atoms with van der Waals surface area (Å²) in [6.07, 6.45) is 3.67. The van der Waals surface area contributed by atoms with Gasteiger partial charge in [0.1, 0.15) is 0 Å². The van der Waals surface area contributed by atoms with Crippen LogP contribution in [-0.2, 0) is 13.1 Å². The molecular formula is C23H24N4O3. The molecule has 0 saturated carbocycles. The predicted octanol–water partition coefficient (Wildman–Crippen LogP) is 4.97. The summed E-state index contributed by atoms with van der Waals surface area (Å²) in [6, 6.07) is 17.6. The maximum Gasteiger partial charge on any atom is 0.322 e. The zero-order chi connectivity index (χ0) is 21.5. The SMILES string of the molecule is C=CCN(Cc1cccn1Cc1ccccc1C)C(=O)Nc1ccc([N+](=O)[O-])cc1. The number of non-ortho nitro benzene ring substituents is 1. The Kier molecular flexibility index (Phi) is 6.64. The average Bonchev–Trinajstić information content (AvgIpc) is 3.16. The highest BCUT2D eigenvalue weighted by Gasteiger charge is 2.16. The Hall–Kier alpha value is -3.87. The molecule has 1 aromatic heterocycles. The summed E-state index contributed by atoms with van der Waals surface area (Å²) in [6.45, 7) is 7.33. The van der Waals surface area contributed by atoms with Gasteiger partial charge in [-0.05, 0) is 42.3 Å². The summed E-state index contributed by atoms with van der Waals surface area (Å²) >= 11 is 0. The lowest BCUT2D eigenvalue weighted by Gasteiger charge is -2.23. The monoisotopic (exact) mass is 404 g/mol. The normalized spacial score (nSPS) is 10.4. The van der Waals surface area contributed by atoms with Crippen molar-refractivity contribution < 1.29 is 9.72 Å². The van der Waals surface area contributed by atoms with Crippen molar-refractivity contribution in [2.45, 2.75) is 20.0 Å². The minimum atomic E-state index is -0.474. The number of nitrogens with one attached hydrogen (secondary N) is 1. The predicted molar refractivity (Wildman–Crippen MR) is 117 cm³/mol. The Balaban J connectivity index is 1.72. The standard InChI is InChI=1S/C23H24N4O3/c1-3-14-26(23(28)24-20-10-12-21(13-11-20)27(29)30)17-22-9-6-15-25(22)16-19-8-5-4-7-18(19)2/h3-13,15H,1,14,16-17H2,2H3,(H,24,28). The number of benzene rings is 2. The van der Waals surface area contributed by atoms with Crippen LogP contribution in [0.2, 0.25) is 0 Å². The second kappa shape index (κ2) is 9.56. The first kappa shape index (κ1) is 20.9. The molecule has 30 heavy (non-hydrogen) atoms. The third-order valence-electron chi connectivity index (χ3n) is 4.84. The average molecular weight is 404 g/mol. The van der Waals surface area contributed by atoms with E-state index in [0.717, 1.165) is 12.2 Å². The molecule has 0 aliphatic heterocycles. The van der Waals surface area contributed by atoms with Crippen LogP contribution < -0.4 is 5.32 Å². The van der Waals surface area contributed by atoms with Crippen LogP contribution in [0, 0.1) is 17.0 Å². The van der Waals surface area contributed by atoms with Gasteiger partial charge in [-0.3, -0.25) is 10.1 Å². The number of carbonyl (C=O) groups excluding carboxylic acids is 1. The van der Waals surface area contributed by atoms with Crippen LogP contribution in [0.3, 0.4) is 0 Å². The van der Waals surface area contributed by atoms with Gasteiger partial charge in [0.25, 0.3) is 5.69 Å². The molecule has 2 amide bonds. The van der Waals surface area contributed by atoms with Gasteiger partial charge in [0.05, 0.1) is 11.5 Å². The van der Waals surface area contributed by atoms with E-state index in [-0.39, 0.29) is 11.7 Å². The smallest absolute Gasteiger partial charge is 0.322 e. The zero-order valence-corrected chi connectivity index (χ0v) is 16.8. The number of amides is 2. The Bertz CT molecular complexity index is 1040. The first-order valence-corrected chi connectivity index (χ1v) is 9.57. The van der Waals surface area contributed by atoms with Gasteiger partial charge in [0, 0.05) is 42.8 Å². The number of carbonyl (C=O) groups is 1. The Labute approximate surface area is 175 Å². The molecule has 3 aromatic rings. The number of urea groups is 1. The number of anilines is 1. The molecule has 3 rings (SSSR count). The van der Waals surface area contributed by atoms with Gasteiger partial charge in [0.15, 0.2) is 0 Å². The van der Waals surface area contributed by atoms with Crippen molar-refractivity contribution >= 4 is 17.4 Å². The van der Waals surface area contributed by atoms with Crippen LogP contribution in [0.1, 0.15) is 16.8 Å². The number of aryl methyl sites for hydroxylation is 1. The highest BCUT2D eigenvalue weighted by molar-refractivity contribution is 5.89. The van der Waals surface area contributed by atoms with Crippen LogP contribution in [-0.4, -0.2) is 27.0 Å². The molecule has 1 N–H and O–H groups in total. The third kappa shape index (κ3) is 5.14. The van der Waals surface area contributed by atoms with Crippen molar-refractivity contribution in [2.75, 3.05) is 11.9 Å². The van der Waals surface area contributed by atoms with Gasteiger partial charge >= 0.3 is 6.03 Å². The second-order valence-corrected chi connectivity index (χ2v) is 6.96. The fourth-order valence-electron chi connectivity index (χ4n) is 3.16. The molecule has 7 heteroatoms. The zero-order valence-electron chi connectivity index (χ0n) is 16.8. The molecule has 0 saturated heterocycles. The number of nitrogens with zero attached hydrogens (tertiary/aromatic N) is 3. The van der Waals surface area contributed by atoms with Gasteiger partial charge in [-0.25, -0.2) is 4.79 Å². The van der Waals surface area contributed by atoms with Gasteiger partial charge in [-0.1, -0.05) is 30.3 Å². The van der Waals surface area contributed by atoms with Crippen molar-refractivity contribution in [3.8, 4) is 0 Å². The molecule has 2 aromatic carbocycles. The van der Waals surface area contributed by atoms with Crippen LogP contribution in [0.4, 0.5) is 16.2 Å². The Morgan fingerprint density at radius 2 is 1.90 bits per heavy atom. The van der Waals surface area contributed by atoms with E-state index in [0.29, 0.717) is 18.8 Å². The molecule has 0 aliphatic rings. The van der Waals surface area contributed by atoms with Crippen LogP contribution in [0.25, 0.3) is 0 Å². The quantitative estimate of drug-likeness (QED) is 0.327. The van der Waals surface area contributed by atoms with E-state index in [4.69, 9.17) is 0 Å². The van der Waals surface area contributed by atoms with Crippen molar-refractivity contribution in [2.24, 2.45) is 0 Å². The summed E-state index contributed by atoms with van der Waals surface area (Å²) in [5.74, 6) is 0. The molecule has 1 heterocycles. The van der Waals surface area contributed by atoms with Crippen molar-refractivity contribution in [3.05, 3.63) is 106 Å². The molecule has 0 aliphatic carbocycles. The molecule has 0 fully saturated rings. The maximum atomic E-state index is 12.8. The summed E-state index contributed by atoms with van der Waals surface area (Å²) < 4.78 is 2.12. The minimum Gasteiger partial charge on any atom is -0.345 e. The van der Waals surface area contributed by atoms with Gasteiger partial charge in [-0.2, -0.15) is 0 Å². The van der Waals surface area contributed by atoms with Crippen molar-refractivity contribution in [3.63, 3.8) is 0 Å². The Morgan fingerprint density at radius 1 is 1.17 bits per heavy atom. The lowest BCUT2D eigenvalue weighted by atomic mass is 10.1. The largest absolute Gasteiger partial charge is 0.345 e. The van der Waals surface area contributed by atoms with Crippen LogP contribution in [0.5, 0.6) is 0 Å². The van der Waals surface area contributed by atoms with Crippen molar-refractivity contribution in [1.29, 1.82) is 0 Å². The summed E-state index contributed by atoms with van der Waals surface area (Å²) in [7, 11) is 0. The molecule has 0 unspecified atom stereocenters. The number of hydrogen-bond acceptors (Lipinski definition) is 3. The number of rotatable bonds is 8.